The molecule has 0 aromatic heterocycles. The summed E-state index contributed by atoms with van der Waals surface area (Å²) in [6, 6.07) is 13.8. The normalized spacial score (nSPS) is 12.0. The van der Waals surface area contributed by atoms with Crippen LogP contribution in [0.2, 0.25) is 0 Å². The number of ether oxygens (including phenoxy) is 1. The fourth-order valence-electron chi connectivity index (χ4n) is 2.16. The van der Waals surface area contributed by atoms with Crippen molar-refractivity contribution in [1.29, 1.82) is 0 Å². The van der Waals surface area contributed by atoms with Crippen molar-refractivity contribution in [1.82, 2.24) is 0 Å². The van der Waals surface area contributed by atoms with Crippen LogP contribution in [0.5, 0.6) is 5.75 Å². The van der Waals surface area contributed by atoms with Crippen molar-refractivity contribution < 1.29 is 14.2 Å². The number of aliphatic hydroxyl groups excluding tert-OH is 1. The van der Waals surface area contributed by atoms with Crippen LogP contribution in [0.3, 0.4) is 0 Å². The van der Waals surface area contributed by atoms with Gasteiger partial charge in [0.15, 0.2) is 0 Å². The van der Waals surface area contributed by atoms with Gasteiger partial charge in [-0.2, -0.15) is 0 Å². The standard InChI is InChI=1S/C17H20FNO2/c1-19(15-6-8-16(21-2)9-7-15)11-10-17(20)13-4-3-5-14(18)12-13/h3-9,12,17,20H,10-11H2,1-2H3. The zero-order chi connectivity index (χ0) is 15.2. The summed E-state index contributed by atoms with van der Waals surface area (Å²) in [6.45, 7) is 0.671. The van der Waals surface area contributed by atoms with E-state index >= 15 is 0 Å². The summed E-state index contributed by atoms with van der Waals surface area (Å²) >= 11 is 0. The molecular formula is C17H20FNO2. The van der Waals surface area contributed by atoms with Crippen LogP contribution in [-0.2, 0) is 0 Å². The number of anilines is 1. The number of aliphatic hydroxyl groups is 1. The van der Waals surface area contributed by atoms with Crippen molar-refractivity contribution in [3.8, 4) is 5.75 Å². The van der Waals surface area contributed by atoms with E-state index in [9.17, 15) is 9.50 Å². The Morgan fingerprint density at radius 3 is 2.52 bits per heavy atom. The summed E-state index contributed by atoms with van der Waals surface area (Å²) in [7, 11) is 3.59. The molecule has 0 fully saturated rings. The first-order chi connectivity index (χ1) is 10.1. The molecular weight excluding hydrogens is 269 g/mol. The molecule has 21 heavy (non-hydrogen) atoms. The Morgan fingerprint density at radius 2 is 1.90 bits per heavy atom. The van der Waals surface area contributed by atoms with Gasteiger partial charge in [0.1, 0.15) is 11.6 Å². The zero-order valence-electron chi connectivity index (χ0n) is 12.3. The van der Waals surface area contributed by atoms with Crippen molar-refractivity contribution >= 4 is 5.69 Å². The molecule has 2 rings (SSSR count). The molecule has 1 atom stereocenters. The minimum Gasteiger partial charge on any atom is -0.497 e. The van der Waals surface area contributed by atoms with E-state index < -0.39 is 6.10 Å². The van der Waals surface area contributed by atoms with E-state index in [1.807, 2.05) is 36.2 Å². The molecule has 0 saturated carbocycles. The first-order valence-corrected chi connectivity index (χ1v) is 6.89. The first kappa shape index (κ1) is 15.3. The van der Waals surface area contributed by atoms with Gasteiger partial charge in [-0.15, -0.1) is 0 Å². The van der Waals surface area contributed by atoms with Gasteiger partial charge >= 0.3 is 0 Å². The third-order valence-corrected chi connectivity index (χ3v) is 3.48. The number of halogens is 1. The Morgan fingerprint density at radius 1 is 1.19 bits per heavy atom. The van der Waals surface area contributed by atoms with Gasteiger partial charge in [0.25, 0.3) is 0 Å². The Kier molecular flexibility index (Phi) is 5.17. The molecule has 3 nitrogen and oxygen atoms in total. The van der Waals surface area contributed by atoms with E-state index in [4.69, 9.17) is 4.74 Å². The third-order valence-electron chi connectivity index (χ3n) is 3.48. The Balaban J connectivity index is 1.92. The van der Waals surface area contributed by atoms with Crippen molar-refractivity contribution in [2.24, 2.45) is 0 Å². The van der Waals surface area contributed by atoms with Gasteiger partial charge in [-0.25, -0.2) is 4.39 Å². The maximum Gasteiger partial charge on any atom is 0.123 e. The minimum atomic E-state index is -0.665. The second-order valence-corrected chi connectivity index (χ2v) is 4.98. The highest BCUT2D eigenvalue weighted by Crippen LogP contribution is 2.21. The molecule has 1 N–H and O–H groups in total. The van der Waals surface area contributed by atoms with Gasteiger partial charge in [-0.05, 0) is 48.4 Å². The van der Waals surface area contributed by atoms with E-state index in [1.54, 1.807) is 19.2 Å². The van der Waals surface area contributed by atoms with E-state index in [0.29, 0.717) is 18.5 Å². The Labute approximate surface area is 124 Å². The van der Waals surface area contributed by atoms with Crippen LogP contribution in [0, 0.1) is 5.82 Å². The lowest BCUT2D eigenvalue weighted by molar-refractivity contribution is 0.169. The molecule has 0 radical (unpaired) electrons. The predicted octanol–water partition coefficient (Wildman–Crippen LogP) is 3.39. The Bertz CT molecular complexity index is 571. The monoisotopic (exact) mass is 289 g/mol. The second-order valence-electron chi connectivity index (χ2n) is 4.98. The lowest BCUT2D eigenvalue weighted by atomic mass is 10.1. The molecule has 1 unspecified atom stereocenters. The molecule has 0 amide bonds. The Hall–Kier alpha value is -2.07. The summed E-state index contributed by atoms with van der Waals surface area (Å²) in [5, 5.41) is 10.1. The lowest BCUT2D eigenvalue weighted by Crippen LogP contribution is -2.20. The maximum absolute atomic E-state index is 13.1. The average Bonchev–Trinajstić information content (AvgIpc) is 2.52. The molecule has 0 aliphatic carbocycles. The van der Waals surface area contributed by atoms with Gasteiger partial charge in [0.2, 0.25) is 0 Å². The molecule has 0 aliphatic heterocycles. The molecule has 0 aliphatic rings. The van der Waals surface area contributed by atoms with E-state index in [-0.39, 0.29) is 5.82 Å². The summed E-state index contributed by atoms with van der Waals surface area (Å²) in [4.78, 5) is 2.04. The number of hydrogen-bond acceptors (Lipinski definition) is 3. The van der Waals surface area contributed by atoms with Gasteiger partial charge in [-0.3, -0.25) is 0 Å². The van der Waals surface area contributed by atoms with Gasteiger partial charge < -0.3 is 14.7 Å². The highest BCUT2D eigenvalue weighted by Gasteiger charge is 2.10. The van der Waals surface area contributed by atoms with Crippen LogP contribution in [0.4, 0.5) is 10.1 Å². The molecule has 0 heterocycles. The number of rotatable bonds is 6. The summed E-state index contributed by atoms with van der Waals surface area (Å²) in [6.07, 6.45) is -0.132. The number of hydrogen-bond donors (Lipinski definition) is 1. The fraction of sp³-hybridized carbons (Fsp3) is 0.294. The summed E-state index contributed by atoms with van der Waals surface area (Å²) < 4.78 is 18.3. The number of methoxy groups -OCH3 is 1. The fourth-order valence-corrected chi connectivity index (χ4v) is 2.16. The van der Waals surface area contributed by atoms with Gasteiger partial charge in [-0.1, -0.05) is 12.1 Å². The number of benzene rings is 2. The van der Waals surface area contributed by atoms with Crippen LogP contribution < -0.4 is 9.64 Å². The van der Waals surface area contributed by atoms with E-state index in [1.165, 1.54) is 12.1 Å². The average molecular weight is 289 g/mol. The molecule has 2 aromatic carbocycles. The third kappa shape index (κ3) is 4.20. The topological polar surface area (TPSA) is 32.7 Å². The molecule has 112 valence electrons. The largest absolute Gasteiger partial charge is 0.497 e. The number of nitrogens with zero attached hydrogens (tertiary/aromatic N) is 1. The van der Waals surface area contributed by atoms with E-state index in [2.05, 4.69) is 0 Å². The lowest BCUT2D eigenvalue weighted by Gasteiger charge is -2.21. The highest BCUT2D eigenvalue weighted by atomic mass is 19.1. The van der Waals surface area contributed by atoms with Crippen molar-refractivity contribution in [3.05, 3.63) is 59.9 Å². The van der Waals surface area contributed by atoms with Crippen LogP contribution >= 0.6 is 0 Å². The van der Waals surface area contributed by atoms with Crippen LogP contribution in [0.15, 0.2) is 48.5 Å². The maximum atomic E-state index is 13.1. The molecule has 2 aromatic rings. The second kappa shape index (κ2) is 7.09. The van der Waals surface area contributed by atoms with Crippen LogP contribution in [0.25, 0.3) is 0 Å². The van der Waals surface area contributed by atoms with Crippen molar-refractivity contribution in [2.45, 2.75) is 12.5 Å². The quantitative estimate of drug-likeness (QED) is 0.884. The van der Waals surface area contributed by atoms with Crippen LogP contribution in [-0.4, -0.2) is 25.8 Å². The van der Waals surface area contributed by atoms with Crippen LogP contribution in [0.1, 0.15) is 18.1 Å². The molecule has 0 saturated heterocycles. The SMILES string of the molecule is COc1ccc(N(C)CCC(O)c2cccc(F)c2)cc1. The van der Waals surface area contributed by atoms with Crippen molar-refractivity contribution in [3.63, 3.8) is 0 Å². The molecule has 0 spiro atoms. The van der Waals surface area contributed by atoms with E-state index in [0.717, 1.165) is 11.4 Å². The van der Waals surface area contributed by atoms with Gasteiger partial charge in [0.05, 0.1) is 13.2 Å². The first-order valence-electron chi connectivity index (χ1n) is 6.89. The zero-order valence-corrected chi connectivity index (χ0v) is 12.3. The summed E-state index contributed by atoms with van der Waals surface area (Å²) in [5.41, 5.74) is 1.65. The summed E-state index contributed by atoms with van der Waals surface area (Å²) in [5.74, 6) is 0.488. The molecule has 4 heteroatoms. The predicted molar refractivity (Wildman–Crippen MR) is 82.2 cm³/mol. The van der Waals surface area contributed by atoms with Gasteiger partial charge in [0, 0.05) is 19.3 Å². The smallest absolute Gasteiger partial charge is 0.123 e. The molecule has 0 bridgehead atoms. The van der Waals surface area contributed by atoms with Crippen molar-refractivity contribution in [2.75, 3.05) is 25.6 Å². The highest BCUT2D eigenvalue weighted by molar-refractivity contribution is 5.48. The minimum absolute atomic E-state index is 0.324.